The van der Waals surface area contributed by atoms with Gasteiger partial charge in [0.05, 0.1) is 40.8 Å². The molecular weight excluding hydrogens is 645 g/mol. The monoisotopic (exact) mass is 700 g/mol. The van der Waals surface area contributed by atoms with Crippen LogP contribution >= 0.6 is 0 Å². The van der Waals surface area contributed by atoms with Crippen molar-refractivity contribution in [1.29, 1.82) is 0 Å². The van der Waals surface area contributed by atoms with Gasteiger partial charge in [-0.05, 0) is 113 Å². The van der Waals surface area contributed by atoms with Gasteiger partial charge in [0.15, 0.2) is 0 Å². The van der Waals surface area contributed by atoms with Gasteiger partial charge in [0.2, 0.25) is 0 Å². The van der Waals surface area contributed by atoms with Gasteiger partial charge in [0.1, 0.15) is 23.1 Å². The number of aryl methyl sites for hydroxylation is 2. The molecule has 2 aromatic heterocycles. The third-order valence-electron chi connectivity index (χ3n) is 10.1. The molecule has 0 saturated carbocycles. The molecule has 2 heterocycles. The van der Waals surface area contributed by atoms with E-state index in [1.807, 2.05) is 0 Å². The molecular formula is C44H56N6O2. The molecule has 0 bridgehead atoms. The molecule has 6 aromatic rings. The number of hydrogen-bond donors (Lipinski definition) is 0. The number of unbranched alkanes of at least 4 members (excludes halogenated alkanes) is 1. The number of fused-ring (bicyclic) bond motifs is 2. The highest BCUT2D eigenvalue weighted by atomic mass is 16.5. The number of aromatic nitrogens is 4. The number of rotatable bonds is 21. The van der Waals surface area contributed by atoms with Gasteiger partial charge >= 0.3 is 0 Å². The summed E-state index contributed by atoms with van der Waals surface area (Å²) in [6, 6.07) is 33.7. The van der Waals surface area contributed by atoms with Crippen molar-refractivity contribution in [2.24, 2.45) is 0 Å². The summed E-state index contributed by atoms with van der Waals surface area (Å²) in [6.45, 7) is 18.4. The summed E-state index contributed by atoms with van der Waals surface area (Å²) in [6.07, 6.45) is 4.00. The average Bonchev–Trinajstić information content (AvgIpc) is 3.75. The van der Waals surface area contributed by atoms with Gasteiger partial charge in [-0.3, -0.25) is 0 Å². The highest BCUT2D eigenvalue weighted by Gasteiger charge is 2.17. The zero-order chi connectivity index (χ0) is 36.1. The summed E-state index contributed by atoms with van der Waals surface area (Å²) in [5, 5.41) is 0. The van der Waals surface area contributed by atoms with Crippen LogP contribution in [0.2, 0.25) is 0 Å². The van der Waals surface area contributed by atoms with Gasteiger partial charge in [-0.15, -0.1) is 0 Å². The van der Waals surface area contributed by atoms with E-state index in [4.69, 9.17) is 19.4 Å². The van der Waals surface area contributed by atoms with Crippen LogP contribution in [0.5, 0.6) is 11.5 Å². The molecule has 0 atom stereocenters. The van der Waals surface area contributed by atoms with E-state index < -0.39 is 0 Å². The topological polar surface area (TPSA) is 60.6 Å². The minimum atomic E-state index is 0.682. The molecule has 0 N–H and O–H groups in total. The van der Waals surface area contributed by atoms with Crippen molar-refractivity contribution in [3.8, 4) is 34.3 Å². The molecule has 0 amide bonds. The van der Waals surface area contributed by atoms with Crippen molar-refractivity contribution in [3.05, 3.63) is 97.1 Å². The SMILES string of the molecule is CCN(CC)CCCOc1ccc(-c2nc3ccccc3n2CCCCn2c(-c3ccccc3OCCCN(CC)CC)nc3ccccc32)cc1. The number of para-hydroxylation sites is 5. The van der Waals surface area contributed by atoms with Crippen molar-refractivity contribution < 1.29 is 9.47 Å². The van der Waals surface area contributed by atoms with Crippen molar-refractivity contribution in [3.63, 3.8) is 0 Å². The molecule has 52 heavy (non-hydrogen) atoms. The van der Waals surface area contributed by atoms with E-state index in [-0.39, 0.29) is 0 Å². The van der Waals surface area contributed by atoms with E-state index in [9.17, 15) is 0 Å². The Labute approximate surface area is 310 Å². The molecule has 0 spiro atoms. The summed E-state index contributed by atoms with van der Waals surface area (Å²) in [5.41, 5.74) is 6.48. The first-order valence-electron chi connectivity index (χ1n) is 19.4. The van der Waals surface area contributed by atoms with Crippen LogP contribution in [-0.4, -0.2) is 81.4 Å². The second kappa shape index (κ2) is 18.7. The number of benzene rings is 4. The Morgan fingerprint density at radius 1 is 0.519 bits per heavy atom. The normalized spacial score (nSPS) is 11.7. The van der Waals surface area contributed by atoms with Gasteiger partial charge in [0.25, 0.3) is 0 Å². The first-order valence-corrected chi connectivity index (χ1v) is 19.4. The molecule has 0 aliphatic heterocycles. The van der Waals surface area contributed by atoms with Crippen LogP contribution in [0.4, 0.5) is 0 Å². The van der Waals surface area contributed by atoms with Gasteiger partial charge in [-0.25, -0.2) is 9.97 Å². The number of hydrogen-bond acceptors (Lipinski definition) is 6. The lowest BCUT2D eigenvalue weighted by Crippen LogP contribution is -2.25. The Hall–Kier alpha value is -4.66. The van der Waals surface area contributed by atoms with E-state index in [0.717, 1.165) is 141 Å². The lowest BCUT2D eigenvalue weighted by Gasteiger charge is -2.18. The maximum Gasteiger partial charge on any atom is 0.144 e. The first kappa shape index (κ1) is 37.1. The third kappa shape index (κ3) is 9.03. The van der Waals surface area contributed by atoms with Crippen LogP contribution in [0.1, 0.15) is 53.4 Å². The van der Waals surface area contributed by atoms with E-state index in [2.05, 4.69) is 144 Å². The second-order valence-corrected chi connectivity index (χ2v) is 13.3. The fraction of sp³-hybridized carbons (Fsp3) is 0.409. The lowest BCUT2D eigenvalue weighted by molar-refractivity contribution is 0.249. The predicted octanol–water partition coefficient (Wildman–Crippen LogP) is 9.42. The molecule has 0 unspecified atom stereocenters. The maximum atomic E-state index is 6.40. The number of nitrogens with zero attached hydrogens (tertiary/aromatic N) is 6. The molecule has 4 aromatic carbocycles. The smallest absolute Gasteiger partial charge is 0.144 e. The molecule has 0 radical (unpaired) electrons. The zero-order valence-electron chi connectivity index (χ0n) is 31.6. The molecule has 8 nitrogen and oxygen atoms in total. The average molecular weight is 701 g/mol. The Balaban J connectivity index is 1.15. The Kier molecular flexibility index (Phi) is 13.4. The third-order valence-corrected chi connectivity index (χ3v) is 10.1. The molecule has 0 aliphatic carbocycles. The van der Waals surface area contributed by atoms with Gasteiger partial charge in [-0.1, -0.05) is 64.1 Å². The molecule has 0 aliphatic rings. The van der Waals surface area contributed by atoms with Crippen LogP contribution in [0.15, 0.2) is 97.1 Å². The van der Waals surface area contributed by atoms with E-state index in [1.54, 1.807) is 0 Å². The zero-order valence-corrected chi connectivity index (χ0v) is 31.6. The fourth-order valence-corrected chi connectivity index (χ4v) is 7.08. The lowest BCUT2D eigenvalue weighted by atomic mass is 10.1. The van der Waals surface area contributed by atoms with Crippen LogP contribution < -0.4 is 9.47 Å². The van der Waals surface area contributed by atoms with Crippen molar-refractivity contribution in [2.45, 2.75) is 66.5 Å². The molecule has 274 valence electrons. The first-order chi connectivity index (χ1) is 25.6. The minimum Gasteiger partial charge on any atom is -0.494 e. The standard InChI is InChI=1S/C44H56N6O2/c1-5-47(6-2)29-17-33-51-36-27-25-35(26-28-36)43-45-38-20-10-12-22-40(38)49(43)31-15-16-32-50-41-23-13-11-21-39(41)46-44(50)37-19-9-14-24-42(37)52-34-18-30-48(7-3)8-4/h9-14,19-28H,5-8,15-18,29-34H2,1-4H3. The largest absolute Gasteiger partial charge is 0.494 e. The molecule has 6 rings (SSSR count). The summed E-state index contributed by atoms with van der Waals surface area (Å²) >= 11 is 0. The van der Waals surface area contributed by atoms with Crippen molar-refractivity contribution >= 4 is 22.1 Å². The highest BCUT2D eigenvalue weighted by molar-refractivity contribution is 5.82. The number of ether oxygens (including phenoxy) is 2. The summed E-state index contributed by atoms with van der Waals surface area (Å²) in [5.74, 6) is 3.75. The summed E-state index contributed by atoms with van der Waals surface area (Å²) in [4.78, 5) is 15.1. The Morgan fingerprint density at radius 2 is 1.02 bits per heavy atom. The maximum absolute atomic E-state index is 6.40. The molecule has 0 fully saturated rings. The van der Waals surface area contributed by atoms with E-state index >= 15 is 0 Å². The van der Waals surface area contributed by atoms with Crippen molar-refractivity contribution in [1.82, 2.24) is 28.9 Å². The Morgan fingerprint density at radius 3 is 1.62 bits per heavy atom. The van der Waals surface area contributed by atoms with Crippen molar-refractivity contribution in [2.75, 3.05) is 52.5 Å². The predicted molar refractivity (Wildman–Crippen MR) is 215 cm³/mol. The van der Waals surface area contributed by atoms with E-state index in [0.29, 0.717) is 6.61 Å². The second-order valence-electron chi connectivity index (χ2n) is 13.3. The summed E-state index contributed by atoms with van der Waals surface area (Å²) in [7, 11) is 0. The summed E-state index contributed by atoms with van der Waals surface area (Å²) < 4.78 is 17.2. The van der Waals surface area contributed by atoms with Gasteiger partial charge < -0.3 is 28.4 Å². The minimum absolute atomic E-state index is 0.682. The molecule has 0 saturated heterocycles. The van der Waals surface area contributed by atoms with E-state index in [1.165, 1.54) is 0 Å². The van der Waals surface area contributed by atoms with Crippen LogP contribution in [0.25, 0.3) is 44.8 Å². The van der Waals surface area contributed by atoms with Crippen LogP contribution in [0, 0.1) is 0 Å². The molecule has 8 heteroatoms. The highest BCUT2D eigenvalue weighted by Crippen LogP contribution is 2.33. The fourth-order valence-electron chi connectivity index (χ4n) is 7.08. The van der Waals surface area contributed by atoms with Gasteiger partial charge in [-0.2, -0.15) is 0 Å². The Bertz CT molecular complexity index is 1970. The van der Waals surface area contributed by atoms with Crippen LogP contribution in [0.3, 0.4) is 0 Å². The quantitative estimate of drug-likeness (QED) is 0.0698. The van der Waals surface area contributed by atoms with Crippen LogP contribution in [-0.2, 0) is 13.1 Å². The number of imidazole rings is 2. The van der Waals surface area contributed by atoms with Gasteiger partial charge in [0, 0.05) is 31.7 Å².